The molecule has 0 radical (unpaired) electrons. The Bertz CT molecular complexity index is 998. The molecule has 3 rings (SSSR count). The lowest BCUT2D eigenvalue weighted by Crippen LogP contribution is -2.39. The van der Waals surface area contributed by atoms with Gasteiger partial charge in [0.15, 0.2) is 5.17 Å². The molecule has 2 aliphatic heterocycles. The molecule has 184 valence electrons. The van der Waals surface area contributed by atoms with E-state index in [1.54, 1.807) is 7.11 Å². The Morgan fingerprint density at radius 1 is 1.18 bits per heavy atom. The van der Waals surface area contributed by atoms with E-state index in [2.05, 4.69) is 43.4 Å². The largest absolute Gasteiger partial charge is 0.460 e. The van der Waals surface area contributed by atoms with Gasteiger partial charge in [-0.3, -0.25) is 4.79 Å². The van der Waals surface area contributed by atoms with Crippen LogP contribution in [0.5, 0.6) is 0 Å². The normalized spacial score (nSPS) is 18.4. The number of amidine groups is 1. The number of hydrogen-bond donors (Lipinski definition) is 1. The predicted molar refractivity (Wildman–Crippen MR) is 136 cm³/mol. The van der Waals surface area contributed by atoms with Crippen LogP contribution in [0, 0.1) is 0 Å². The van der Waals surface area contributed by atoms with Crippen LogP contribution in [0.1, 0.15) is 70.5 Å². The molecule has 0 aliphatic carbocycles. The maximum Gasteiger partial charge on any atom is 0.338 e. The summed E-state index contributed by atoms with van der Waals surface area (Å²) in [6.45, 7) is 10.6. The number of allylic oxidation sites excluding steroid dienone is 1. The second kappa shape index (κ2) is 11.7. The summed E-state index contributed by atoms with van der Waals surface area (Å²) in [4.78, 5) is 32.6. The van der Waals surface area contributed by atoms with Crippen molar-refractivity contribution in [3.05, 3.63) is 57.8 Å². The van der Waals surface area contributed by atoms with E-state index in [0.717, 1.165) is 22.8 Å². The van der Waals surface area contributed by atoms with Crippen molar-refractivity contribution in [2.75, 3.05) is 20.3 Å². The van der Waals surface area contributed by atoms with Gasteiger partial charge in [0, 0.05) is 18.8 Å². The number of carbonyl (C=O) groups is 2. The minimum atomic E-state index is -0.429. The first-order chi connectivity index (χ1) is 16.3. The molecule has 34 heavy (non-hydrogen) atoms. The van der Waals surface area contributed by atoms with Gasteiger partial charge >= 0.3 is 5.97 Å². The second-order valence-electron chi connectivity index (χ2n) is 8.90. The van der Waals surface area contributed by atoms with E-state index in [0.29, 0.717) is 23.8 Å². The molecule has 0 bridgehead atoms. The molecule has 2 aliphatic rings. The number of benzene rings is 1. The van der Waals surface area contributed by atoms with Crippen LogP contribution in [0.25, 0.3) is 0 Å². The minimum Gasteiger partial charge on any atom is -0.460 e. The molecule has 0 saturated heterocycles. The highest BCUT2D eigenvalue weighted by atomic mass is 32.2. The maximum atomic E-state index is 13.2. The number of methoxy groups -OCH3 is 1. The van der Waals surface area contributed by atoms with Gasteiger partial charge in [0.1, 0.15) is 6.61 Å². The number of amides is 1. The molecular weight excluding hydrogens is 450 g/mol. The number of nitrogens with one attached hydrogen (secondary N) is 1. The predicted octanol–water partition coefficient (Wildman–Crippen LogP) is 4.88. The van der Waals surface area contributed by atoms with Gasteiger partial charge in [-0.05, 0) is 42.7 Å². The van der Waals surface area contributed by atoms with Gasteiger partial charge in [-0.15, -0.1) is 0 Å². The van der Waals surface area contributed by atoms with Crippen LogP contribution in [0.2, 0.25) is 0 Å². The quantitative estimate of drug-likeness (QED) is 0.376. The summed E-state index contributed by atoms with van der Waals surface area (Å²) in [6, 6.07) is 7.97. The van der Waals surface area contributed by atoms with Crippen molar-refractivity contribution in [1.82, 2.24) is 10.2 Å². The van der Waals surface area contributed by atoms with Crippen LogP contribution in [-0.4, -0.2) is 48.3 Å². The van der Waals surface area contributed by atoms with E-state index in [4.69, 9.17) is 14.5 Å². The molecule has 0 aromatic heterocycles. The number of nitrogens with zero attached hydrogens (tertiary/aromatic N) is 2. The molecule has 2 unspecified atom stereocenters. The summed E-state index contributed by atoms with van der Waals surface area (Å²) in [7, 11) is 1.57. The first kappa shape index (κ1) is 26.0. The number of fused-ring (bicyclic) bond motifs is 1. The number of esters is 1. The first-order valence-corrected chi connectivity index (χ1v) is 12.6. The van der Waals surface area contributed by atoms with Crippen LogP contribution in [0.15, 0.2) is 51.6 Å². The number of rotatable bonds is 10. The zero-order chi connectivity index (χ0) is 24.8. The van der Waals surface area contributed by atoms with Gasteiger partial charge in [-0.1, -0.05) is 56.8 Å². The molecule has 0 saturated carbocycles. The molecule has 1 N–H and O–H groups in total. The third kappa shape index (κ3) is 5.91. The first-order valence-electron chi connectivity index (χ1n) is 11.8. The van der Waals surface area contributed by atoms with Crippen LogP contribution in [0.4, 0.5) is 0 Å². The van der Waals surface area contributed by atoms with Crippen LogP contribution < -0.4 is 5.32 Å². The highest BCUT2D eigenvalue weighted by Gasteiger charge is 2.41. The number of ether oxygens (including phenoxy) is 2. The van der Waals surface area contributed by atoms with Crippen molar-refractivity contribution >= 4 is 28.8 Å². The van der Waals surface area contributed by atoms with Gasteiger partial charge in [0.05, 0.1) is 30.3 Å². The summed E-state index contributed by atoms with van der Waals surface area (Å²) in [6.07, 6.45) is 1.07. The zero-order valence-corrected chi connectivity index (χ0v) is 21.7. The fraction of sp³-hybridized carbons (Fsp3) is 0.500. The second-order valence-corrected chi connectivity index (χ2v) is 9.73. The molecule has 1 aromatic carbocycles. The summed E-state index contributed by atoms with van der Waals surface area (Å²) in [5.41, 5.74) is 4.09. The maximum absolute atomic E-state index is 13.2. The molecule has 0 spiro atoms. The number of aliphatic imine (C=N–C) groups is 1. The van der Waals surface area contributed by atoms with E-state index >= 15 is 0 Å². The summed E-state index contributed by atoms with van der Waals surface area (Å²) >= 11 is 1.47. The lowest BCUT2D eigenvalue weighted by molar-refractivity contribution is -0.141. The molecule has 2 atom stereocenters. The van der Waals surface area contributed by atoms with Crippen molar-refractivity contribution in [3.63, 3.8) is 0 Å². The van der Waals surface area contributed by atoms with E-state index in [1.165, 1.54) is 17.3 Å². The third-order valence-corrected chi connectivity index (χ3v) is 6.91. The molecule has 2 heterocycles. The van der Waals surface area contributed by atoms with Crippen LogP contribution in [-0.2, 0) is 19.1 Å². The van der Waals surface area contributed by atoms with Gasteiger partial charge in [-0.25, -0.2) is 9.79 Å². The molecule has 1 aromatic rings. The third-order valence-electron chi connectivity index (χ3n) is 6.02. The number of hydrogen-bond acceptors (Lipinski definition) is 7. The average molecular weight is 486 g/mol. The monoisotopic (exact) mass is 485 g/mol. The van der Waals surface area contributed by atoms with E-state index in [1.807, 2.05) is 31.1 Å². The molecule has 1 amide bonds. The Labute approximate surface area is 206 Å². The summed E-state index contributed by atoms with van der Waals surface area (Å²) in [5, 5.41) is 5.75. The average Bonchev–Trinajstić information content (AvgIpc) is 3.19. The molecule has 0 fully saturated rings. The van der Waals surface area contributed by atoms with Crippen molar-refractivity contribution in [1.29, 1.82) is 0 Å². The fourth-order valence-electron chi connectivity index (χ4n) is 3.90. The Morgan fingerprint density at radius 3 is 2.50 bits per heavy atom. The summed E-state index contributed by atoms with van der Waals surface area (Å²) in [5.74, 6) is -0.0715. The smallest absolute Gasteiger partial charge is 0.338 e. The Hall–Kier alpha value is -2.58. The number of thioether (sulfide) groups is 1. The van der Waals surface area contributed by atoms with E-state index < -0.39 is 12.0 Å². The van der Waals surface area contributed by atoms with Crippen molar-refractivity contribution in [3.8, 4) is 0 Å². The van der Waals surface area contributed by atoms with E-state index in [-0.39, 0.29) is 25.0 Å². The van der Waals surface area contributed by atoms with Crippen LogP contribution in [0.3, 0.4) is 0 Å². The van der Waals surface area contributed by atoms with E-state index in [9.17, 15) is 9.59 Å². The molecule has 8 heteroatoms. The topological polar surface area (TPSA) is 80.2 Å². The van der Waals surface area contributed by atoms with Gasteiger partial charge in [-0.2, -0.15) is 0 Å². The van der Waals surface area contributed by atoms with Crippen molar-refractivity contribution < 1.29 is 19.1 Å². The lowest BCUT2D eigenvalue weighted by atomic mass is 9.92. The standard InChI is InChI=1S/C26H35N3O4S/c1-7-17(4)27-22(30)14-21-15-34-26-28-18(5)23(25(31)33-13-12-32-6)24(29(21)26)20-10-8-19(9-11-20)16(2)3/h8-11,15-17,24H,7,12-14H2,1-6H3,(H,27,30). The molecule has 7 nitrogen and oxygen atoms in total. The summed E-state index contributed by atoms with van der Waals surface area (Å²) < 4.78 is 10.6. The van der Waals surface area contributed by atoms with Crippen molar-refractivity contribution in [2.24, 2.45) is 4.99 Å². The highest BCUT2D eigenvalue weighted by Crippen LogP contribution is 2.45. The van der Waals surface area contributed by atoms with Crippen LogP contribution >= 0.6 is 11.8 Å². The minimum absolute atomic E-state index is 0.0492. The van der Waals surface area contributed by atoms with Gasteiger partial charge < -0.3 is 19.7 Å². The van der Waals surface area contributed by atoms with Crippen molar-refractivity contribution in [2.45, 2.75) is 65.5 Å². The Kier molecular flexibility index (Phi) is 8.97. The lowest BCUT2D eigenvalue weighted by Gasteiger charge is -2.36. The number of carbonyl (C=O) groups excluding carboxylic acids is 2. The highest BCUT2D eigenvalue weighted by molar-refractivity contribution is 8.16. The van der Waals surface area contributed by atoms with Gasteiger partial charge in [0.2, 0.25) is 5.91 Å². The SMILES string of the molecule is CCC(C)NC(=O)CC1=CSC2=NC(C)=C(C(=O)OCCOC)C(c3ccc(C(C)C)cc3)N12. The Morgan fingerprint density at radius 2 is 1.88 bits per heavy atom. The fourth-order valence-corrected chi connectivity index (χ4v) is 4.86. The molecular formula is C26H35N3O4S. The zero-order valence-electron chi connectivity index (χ0n) is 20.9. The Balaban J connectivity index is 1.98. The van der Waals surface area contributed by atoms with Gasteiger partial charge in [0.25, 0.3) is 0 Å².